The van der Waals surface area contributed by atoms with Crippen molar-refractivity contribution in [2.75, 3.05) is 25.6 Å². The number of hydrogen-bond acceptors (Lipinski definition) is 4. The van der Waals surface area contributed by atoms with E-state index in [9.17, 15) is 14.9 Å². The molecule has 0 saturated carbocycles. The van der Waals surface area contributed by atoms with Gasteiger partial charge in [-0.25, -0.2) is 4.79 Å². The Labute approximate surface area is 185 Å². The second kappa shape index (κ2) is 10.6. The van der Waals surface area contributed by atoms with Crippen LogP contribution in [0.1, 0.15) is 11.3 Å². The first kappa shape index (κ1) is 22.3. The number of urea groups is 1. The molecule has 1 heterocycles. The van der Waals surface area contributed by atoms with Gasteiger partial charge in [0.05, 0.1) is 18.1 Å². The molecular weight excluding hydrogens is 420 g/mol. The average molecular weight is 443 g/mol. The van der Waals surface area contributed by atoms with Crippen molar-refractivity contribution in [2.45, 2.75) is 13.1 Å². The van der Waals surface area contributed by atoms with Gasteiger partial charge < -0.3 is 19.5 Å². The van der Waals surface area contributed by atoms with Crippen molar-refractivity contribution in [1.29, 1.82) is 0 Å². The lowest BCUT2D eigenvalue weighted by atomic mass is 10.2. The zero-order valence-electron chi connectivity index (χ0n) is 17.0. The van der Waals surface area contributed by atoms with Gasteiger partial charge in [0.1, 0.15) is 0 Å². The van der Waals surface area contributed by atoms with E-state index < -0.39 is 4.92 Å². The number of nitro benzene ring substituents is 1. The summed E-state index contributed by atoms with van der Waals surface area (Å²) < 4.78 is 7.22. The zero-order chi connectivity index (χ0) is 22.2. The van der Waals surface area contributed by atoms with Crippen molar-refractivity contribution in [3.8, 4) is 0 Å². The molecule has 0 aliphatic rings. The Hall–Kier alpha value is -3.36. The van der Waals surface area contributed by atoms with Crippen LogP contribution in [0.2, 0.25) is 5.02 Å². The highest BCUT2D eigenvalue weighted by molar-refractivity contribution is 6.30. The molecule has 0 unspecified atom stereocenters. The Bertz CT molecular complexity index is 1040. The molecule has 1 N–H and O–H groups in total. The van der Waals surface area contributed by atoms with Crippen LogP contribution in [0.15, 0.2) is 66.9 Å². The van der Waals surface area contributed by atoms with E-state index in [-0.39, 0.29) is 11.7 Å². The third kappa shape index (κ3) is 6.31. The highest BCUT2D eigenvalue weighted by Gasteiger charge is 2.16. The molecule has 9 heteroatoms. The first-order chi connectivity index (χ1) is 15.0. The summed E-state index contributed by atoms with van der Waals surface area (Å²) in [5.74, 6) is 0. The number of nitrogens with one attached hydrogen (secondary N) is 1. The second-order valence-electron chi connectivity index (χ2n) is 6.91. The highest BCUT2D eigenvalue weighted by atomic mass is 35.5. The molecule has 0 spiro atoms. The van der Waals surface area contributed by atoms with Crippen LogP contribution in [0.5, 0.6) is 0 Å². The largest absolute Gasteiger partial charge is 0.383 e. The molecule has 0 bridgehead atoms. The standard InChI is InChI=1S/C22H23ClN4O4/c1-31-13-12-26(22(28)24-19-7-9-20(10-8-19)27(29)30)16-21-6-3-11-25(21)15-17-4-2-5-18(23)14-17/h2-11,14H,12-13,15-16H2,1H3,(H,24,28). The second-order valence-corrected chi connectivity index (χ2v) is 7.34. The number of ether oxygens (including phenoxy) is 1. The Kier molecular flexibility index (Phi) is 7.64. The number of aromatic nitrogens is 1. The molecule has 0 aliphatic carbocycles. The van der Waals surface area contributed by atoms with Gasteiger partial charge in [-0.1, -0.05) is 23.7 Å². The Morgan fingerprint density at radius 1 is 1.19 bits per heavy atom. The first-order valence-corrected chi connectivity index (χ1v) is 10.0. The van der Waals surface area contributed by atoms with Crippen molar-refractivity contribution >= 4 is 29.0 Å². The lowest BCUT2D eigenvalue weighted by Gasteiger charge is -2.24. The lowest BCUT2D eigenvalue weighted by molar-refractivity contribution is -0.384. The van der Waals surface area contributed by atoms with Crippen LogP contribution in [0.3, 0.4) is 0 Å². The van der Waals surface area contributed by atoms with Gasteiger partial charge in [-0.15, -0.1) is 0 Å². The summed E-state index contributed by atoms with van der Waals surface area (Å²) >= 11 is 6.09. The normalized spacial score (nSPS) is 10.6. The van der Waals surface area contributed by atoms with E-state index in [0.29, 0.717) is 37.0 Å². The summed E-state index contributed by atoms with van der Waals surface area (Å²) in [6, 6.07) is 16.9. The maximum absolute atomic E-state index is 12.9. The number of non-ortho nitro benzene ring substituents is 1. The fourth-order valence-electron chi connectivity index (χ4n) is 3.10. The van der Waals surface area contributed by atoms with Gasteiger partial charge >= 0.3 is 6.03 Å². The van der Waals surface area contributed by atoms with Crippen molar-refractivity contribution in [2.24, 2.45) is 0 Å². The van der Waals surface area contributed by atoms with E-state index in [0.717, 1.165) is 11.3 Å². The molecule has 0 saturated heterocycles. The third-order valence-electron chi connectivity index (χ3n) is 4.70. The molecule has 3 aromatic rings. The molecule has 1 aromatic heterocycles. The SMILES string of the molecule is COCCN(Cc1cccn1Cc1cccc(Cl)c1)C(=O)Nc1ccc([N+](=O)[O-])cc1. The van der Waals surface area contributed by atoms with E-state index in [1.54, 1.807) is 12.0 Å². The highest BCUT2D eigenvalue weighted by Crippen LogP contribution is 2.17. The summed E-state index contributed by atoms with van der Waals surface area (Å²) in [5.41, 5.74) is 2.46. The minimum absolute atomic E-state index is 0.0342. The number of nitro groups is 1. The Balaban J connectivity index is 1.72. The van der Waals surface area contributed by atoms with Crippen LogP contribution >= 0.6 is 11.6 Å². The summed E-state index contributed by atoms with van der Waals surface area (Å²) in [5, 5.41) is 14.3. The summed E-state index contributed by atoms with van der Waals surface area (Å²) in [4.78, 5) is 24.8. The zero-order valence-corrected chi connectivity index (χ0v) is 17.8. The smallest absolute Gasteiger partial charge is 0.322 e. The van der Waals surface area contributed by atoms with Crippen molar-refractivity contribution < 1.29 is 14.5 Å². The predicted molar refractivity (Wildman–Crippen MR) is 119 cm³/mol. The topological polar surface area (TPSA) is 89.6 Å². The van der Waals surface area contributed by atoms with E-state index in [4.69, 9.17) is 16.3 Å². The quantitative estimate of drug-likeness (QED) is 0.381. The summed E-state index contributed by atoms with van der Waals surface area (Å²) in [6.07, 6.45) is 1.96. The molecule has 3 rings (SSSR count). The molecule has 31 heavy (non-hydrogen) atoms. The number of anilines is 1. The van der Waals surface area contributed by atoms with Gasteiger partial charge in [0.25, 0.3) is 5.69 Å². The number of benzene rings is 2. The average Bonchev–Trinajstić information content (AvgIpc) is 3.18. The number of rotatable bonds is 9. The van der Waals surface area contributed by atoms with Crippen LogP contribution < -0.4 is 5.32 Å². The first-order valence-electron chi connectivity index (χ1n) is 9.64. The number of hydrogen-bond donors (Lipinski definition) is 1. The number of nitrogens with zero attached hydrogens (tertiary/aromatic N) is 3. The van der Waals surface area contributed by atoms with Gasteiger partial charge in [-0.05, 0) is 42.0 Å². The number of halogens is 1. The molecule has 2 amide bonds. The monoisotopic (exact) mass is 442 g/mol. The van der Waals surface area contributed by atoms with Gasteiger partial charge in [0, 0.05) is 54.9 Å². The van der Waals surface area contributed by atoms with E-state index >= 15 is 0 Å². The van der Waals surface area contributed by atoms with E-state index in [2.05, 4.69) is 9.88 Å². The molecule has 0 atom stereocenters. The number of methoxy groups -OCH3 is 1. The van der Waals surface area contributed by atoms with Crippen LogP contribution in [0, 0.1) is 10.1 Å². The molecule has 162 valence electrons. The number of amides is 2. The fraction of sp³-hybridized carbons (Fsp3) is 0.227. The van der Waals surface area contributed by atoms with Gasteiger partial charge in [-0.3, -0.25) is 10.1 Å². The molecule has 0 fully saturated rings. The molecule has 0 aliphatic heterocycles. The molecule has 8 nitrogen and oxygen atoms in total. The minimum Gasteiger partial charge on any atom is -0.383 e. The fourth-order valence-corrected chi connectivity index (χ4v) is 3.31. The van der Waals surface area contributed by atoms with Gasteiger partial charge in [-0.2, -0.15) is 0 Å². The number of carbonyl (C=O) groups excluding carboxylic acids is 1. The molecule has 2 aromatic carbocycles. The Morgan fingerprint density at radius 3 is 2.65 bits per heavy atom. The van der Waals surface area contributed by atoms with Gasteiger partial charge in [0.2, 0.25) is 0 Å². The Morgan fingerprint density at radius 2 is 1.97 bits per heavy atom. The van der Waals surface area contributed by atoms with Crippen molar-refractivity contribution in [1.82, 2.24) is 9.47 Å². The summed E-state index contributed by atoms with van der Waals surface area (Å²) in [6.45, 7) is 1.76. The maximum Gasteiger partial charge on any atom is 0.322 e. The van der Waals surface area contributed by atoms with Gasteiger partial charge in [0.15, 0.2) is 0 Å². The predicted octanol–water partition coefficient (Wildman–Crippen LogP) is 4.78. The molecular formula is C22H23ClN4O4. The van der Waals surface area contributed by atoms with E-state index in [1.165, 1.54) is 24.3 Å². The maximum atomic E-state index is 12.9. The minimum atomic E-state index is -0.482. The molecule has 0 radical (unpaired) electrons. The van der Waals surface area contributed by atoms with Crippen LogP contribution in [-0.4, -0.2) is 40.7 Å². The lowest BCUT2D eigenvalue weighted by Crippen LogP contribution is -2.37. The third-order valence-corrected chi connectivity index (χ3v) is 4.94. The van der Waals surface area contributed by atoms with Crippen LogP contribution in [0.4, 0.5) is 16.2 Å². The van der Waals surface area contributed by atoms with Crippen LogP contribution in [0.25, 0.3) is 0 Å². The van der Waals surface area contributed by atoms with Crippen molar-refractivity contribution in [3.63, 3.8) is 0 Å². The van der Waals surface area contributed by atoms with Crippen LogP contribution in [-0.2, 0) is 17.8 Å². The summed E-state index contributed by atoms with van der Waals surface area (Å²) in [7, 11) is 1.58. The van der Waals surface area contributed by atoms with Crippen molar-refractivity contribution in [3.05, 3.63) is 93.3 Å². The van der Waals surface area contributed by atoms with E-state index in [1.807, 2.05) is 42.6 Å². The number of carbonyl (C=O) groups is 1.